The predicted molar refractivity (Wildman–Crippen MR) is 74.2 cm³/mol. The van der Waals surface area contributed by atoms with Gasteiger partial charge in [-0.15, -0.1) is 0 Å². The van der Waals surface area contributed by atoms with Gasteiger partial charge in [0.2, 0.25) is 0 Å². The highest BCUT2D eigenvalue weighted by atomic mass is 35.5. The zero-order chi connectivity index (χ0) is 14.5. The molecule has 0 aliphatic carbocycles. The van der Waals surface area contributed by atoms with Crippen LogP contribution in [0.2, 0.25) is 5.02 Å². The maximum absolute atomic E-state index is 11.3. The lowest BCUT2D eigenvalue weighted by Gasteiger charge is -2.19. The number of phenols is 1. The number of rotatable bonds is 1. The molecule has 5 heteroatoms. The minimum Gasteiger partial charge on any atom is -0.507 e. The summed E-state index contributed by atoms with van der Waals surface area (Å²) in [7, 11) is 0. The first-order valence-electron chi connectivity index (χ1n) is 5.72. The molecule has 1 rings (SSSR count). The molecule has 1 amide bonds. The fourth-order valence-corrected chi connectivity index (χ4v) is 1.35. The van der Waals surface area contributed by atoms with E-state index in [1.165, 1.54) is 6.07 Å². The van der Waals surface area contributed by atoms with Gasteiger partial charge in [0.05, 0.1) is 12.1 Å². The number of nitrogens with one attached hydrogen (secondary N) is 1. The Morgan fingerprint density at radius 2 is 2.16 bits per heavy atom. The van der Waals surface area contributed by atoms with Gasteiger partial charge in [-0.2, -0.15) is 0 Å². The minimum absolute atomic E-state index is 0.0502. The summed E-state index contributed by atoms with van der Waals surface area (Å²) in [5.74, 6) is 5.47. The van der Waals surface area contributed by atoms with Crippen LogP contribution in [-0.2, 0) is 4.74 Å². The molecule has 0 heterocycles. The van der Waals surface area contributed by atoms with Crippen molar-refractivity contribution in [3.63, 3.8) is 0 Å². The van der Waals surface area contributed by atoms with Crippen molar-refractivity contribution in [2.24, 2.45) is 0 Å². The Balaban J connectivity index is 2.52. The molecule has 4 nitrogen and oxygen atoms in total. The summed E-state index contributed by atoms with van der Waals surface area (Å²) in [5.41, 5.74) is -0.124. The Labute approximate surface area is 117 Å². The number of phenolic OH excluding ortho intramolecular Hbond substituents is 1. The summed E-state index contributed by atoms with van der Waals surface area (Å²) in [4.78, 5) is 11.3. The first-order chi connectivity index (χ1) is 8.78. The van der Waals surface area contributed by atoms with Crippen LogP contribution in [-0.4, -0.2) is 23.3 Å². The normalized spacial score (nSPS) is 10.3. The molecule has 0 aliphatic rings. The number of aromatic hydroxyl groups is 1. The largest absolute Gasteiger partial charge is 0.507 e. The van der Waals surface area contributed by atoms with E-state index in [-0.39, 0.29) is 12.3 Å². The van der Waals surface area contributed by atoms with Crippen LogP contribution in [0.3, 0.4) is 0 Å². The molecule has 2 N–H and O–H groups in total. The Hall–Kier alpha value is -1.86. The van der Waals surface area contributed by atoms with Gasteiger partial charge in [0, 0.05) is 5.02 Å². The average Bonchev–Trinajstić information content (AvgIpc) is 2.26. The lowest BCUT2D eigenvalue weighted by atomic mass is 10.2. The van der Waals surface area contributed by atoms with Crippen LogP contribution in [0.15, 0.2) is 18.2 Å². The van der Waals surface area contributed by atoms with Crippen LogP contribution in [0, 0.1) is 11.8 Å². The maximum Gasteiger partial charge on any atom is 0.408 e. The van der Waals surface area contributed by atoms with Crippen molar-refractivity contribution in [3.8, 4) is 17.6 Å². The fraction of sp³-hybridized carbons (Fsp3) is 0.357. The Bertz CT molecular complexity index is 524. The SMILES string of the molecule is CC(C)(C)OC(=O)NCC#Cc1cc(Cl)ccc1O. The minimum atomic E-state index is -0.539. The van der Waals surface area contributed by atoms with E-state index in [1.54, 1.807) is 32.9 Å². The molecule has 0 saturated carbocycles. The highest BCUT2D eigenvalue weighted by Crippen LogP contribution is 2.20. The second-order valence-corrected chi connectivity index (χ2v) is 5.26. The molecule has 0 saturated heterocycles. The monoisotopic (exact) mass is 281 g/mol. The third-order valence-corrected chi connectivity index (χ3v) is 2.14. The molecule has 0 radical (unpaired) electrons. The van der Waals surface area contributed by atoms with Crippen molar-refractivity contribution in [1.29, 1.82) is 0 Å². The summed E-state index contributed by atoms with van der Waals surface area (Å²) in [6.45, 7) is 5.47. The fourth-order valence-electron chi connectivity index (χ4n) is 1.18. The Morgan fingerprint density at radius 3 is 2.79 bits per heavy atom. The van der Waals surface area contributed by atoms with Crippen molar-refractivity contribution >= 4 is 17.7 Å². The van der Waals surface area contributed by atoms with E-state index in [9.17, 15) is 9.90 Å². The highest BCUT2D eigenvalue weighted by molar-refractivity contribution is 6.30. The molecule has 0 aromatic heterocycles. The number of ether oxygens (including phenoxy) is 1. The number of hydrogen-bond donors (Lipinski definition) is 2. The lowest BCUT2D eigenvalue weighted by Crippen LogP contribution is -2.32. The zero-order valence-corrected chi connectivity index (χ0v) is 11.8. The second-order valence-electron chi connectivity index (χ2n) is 4.82. The van der Waals surface area contributed by atoms with Crippen molar-refractivity contribution in [2.75, 3.05) is 6.54 Å². The van der Waals surface area contributed by atoms with Gasteiger partial charge in [0.1, 0.15) is 11.4 Å². The van der Waals surface area contributed by atoms with Gasteiger partial charge in [-0.05, 0) is 39.0 Å². The number of carbonyl (C=O) groups excluding carboxylic acids is 1. The van der Waals surface area contributed by atoms with E-state index >= 15 is 0 Å². The second kappa shape index (κ2) is 6.35. The summed E-state index contributed by atoms with van der Waals surface area (Å²) in [6, 6.07) is 4.59. The van der Waals surface area contributed by atoms with E-state index in [0.717, 1.165) is 0 Å². The molecule has 0 unspecified atom stereocenters. The standard InChI is InChI=1S/C14H16ClNO3/c1-14(2,3)19-13(18)16-8-4-5-10-9-11(15)6-7-12(10)17/h6-7,9,17H,8H2,1-3H3,(H,16,18). The first-order valence-corrected chi connectivity index (χ1v) is 6.10. The van der Waals surface area contributed by atoms with E-state index in [2.05, 4.69) is 17.2 Å². The molecular weight excluding hydrogens is 266 g/mol. The van der Waals surface area contributed by atoms with Gasteiger partial charge in [-0.1, -0.05) is 23.4 Å². The van der Waals surface area contributed by atoms with Gasteiger partial charge in [0.15, 0.2) is 0 Å². The molecule has 0 atom stereocenters. The van der Waals surface area contributed by atoms with Crippen LogP contribution >= 0.6 is 11.6 Å². The van der Waals surface area contributed by atoms with Crippen LogP contribution in [0.25, 0.3) is 0 Å². The number of halogens is 1. The van der Waals surface area contributed by atoms with Crippen molar-refractivity contribution in [1.82, 2.24) is 5.32 Å². The van der Waals surface area contributed by atoms with Crippen molar-refractivity contribution in [3.05, 3.63) is 28.8 Å². The van der Waals surface area contributed by atoms with Crippen LogP contribution in [0.1, 0.15) is 26.3 Å². The van der Waals surface area contributed by atoms with Gasteiger partial charge >= 0.3 is 6.09 Å². The molecule has 1 aromatic carbocycles. The molecule has 1 aromatic rings. The first kappa shape index (κ1) is 15.2. The van der Waals surface area contributed by atoms with Crippen molar-refractivity contribution < 1.29 is 14.6 Å². The summed E-state index contributed by atoms with van der Waals surface area (Å²) in [5, 5.41) is 12.5. The van der Waals surface area contributed by atoms with E-state index < -0.39 is 11.7 Å². The molecule has 0 aliphatic heterocycles. The number of amides is 1. The predicted octanol–water partition coefficient (Wildman–Crippen LogP) is 2.92. The van der Waals surface area contributed by atoms with Gasteiger partial charge in [-0.3, -0.25) is 0 Å². The molecule has 0 fully saturated rings. The molecular formula is C14H16ClNO3. The smallest absolute Gasteiger partial charge is 0.408 e. The zero-order valence-electron chi connectivity index (χ0n) is 11.1. The molecule has 0 spiro atoms. The quantitative estimate of drug-likeness (QED) is 0.778. The summed E-state index contributed by atoms with van der Waals surface area (Å²) < 4.78 is 5.04. The van der Waals surface area contributed by atoms with Crippen LogP contribution in [0.4, 0.5) is 4.79 Å². The number of benzene rings is 1. The van der Waals surface area contributed by atoms with Gasteiger partial charge in [0.25, 0.3) is 0 Å². The molecule has 102 valence electrons. The number of hydrogen-bond acceptors (Lipinski definition) is 3. The van der Waals surface area contributed by atoms with Gasteiger partial charge in [-0.25, -0.2) is 4.79 Å². The van der Waals surface area contributed by atoms with Gasteiger partial charge < -0.3 is 15.2 Å². The van der Waals surface area contributed by atoms with Crippen molar-refractivity contribution in [2.45, 2.75) is 26.4 Å². The number of carbonyl (C=O) groups is 1. The Kier molecular flexibility index (Phi) is 5.08. The lowest BCUT2D eigenvalue weighted by molar-refractivity contribution is 0.0535. The topological polar surface area (TPSA) is 58.6 Å². The van der Waals surface area contributed by atoms with E-state index in [1.807, 2.05) is 0 Å². The highest BCUT2D eigenvalue weighted by Gasteiger charge is 2.14. The molecule has 19 heavy (non-hydrogen) atoms. The Morgan fingerprint density at radius 1 is 1.47 bits per heavy atom. The summed E-state index contributed by atoms with van der Waals surface area (Å²) in [6.07, 6.45) is -0.530. The van der Waals surface area contributed by atoms with E-state index in [4.69, 9.17) is 16.3 Å². The number of alkyl carbamates (subject to hydrolysis) is 1. The third-order valence-electron chi connectivity index (χ3n) is 1.90. The summed E-state index contributed by atoms with van der Waals surface area (Å²) >= 11 is 5.78. The average molecular weight is 282 g/mol. The van der Waals surface area contributed by atoms with E-state index in [0.29, 0.717) is 10.6 Å². The van der Waals surface area contributed by atoms with Crippen LogP contribution in [0.5, 0.6) is 5.75 Å². The molecule has 0 bridgehead atoms. The van der Waals surface area contributed by atoms with Crippen LogP contribution < -0.4 is 5.32 Å². The maximum atomic E-state index is 11.3. The third kappa shape index (κ3) is 6.03.